The van der Waals surface area contributed by atoms with Crippen molar-refractivity contribution in [3.63, 3.8) is 0 Å². The highest BCUT2D eigenvalue weighted by molar-refractivity contribution is 7.07. The van der Waals surface area contributed by atoms with Gasteiger partial charge in [-0.25, -0.2) is 4.98 Å². The average Bonchev–Trinajstić information content (AvgIpc) is 2.81. The Labute approximate surface area is 94.5 Å². The van der Waals surface area contributed by atoms with E-state index in [1.54, 1.807) is 11.3 Å². The summed E-state index contributed by atoms with van der Waals surface area (Å²) in [6.07, 6.45) is 3.44. The highest BCUT2D eigenvalue weighted by Crippen LogP contribution is 2.48. The van der Waals surface area contributed by atoms with Crippen molar-refractivity contribution in [3.05, 3.63) is 16.6 Å². The summed E-state index contributed by atoms with van der Waals surface area (Å²) in [6.45, 7) is 3.46. The van der Waals surface area contributed by atoms with E-state index >= 15 is 0 Å². The molecule has 15 heavy (non-hydrogen) atoms. The van der Waals surface area contributed by atoms with Crippen LogP contribution in [0.5, 0.6) is 0 Å². The van der Waals surface area contributed by atoms with Crippen molar-refractivity contribution >= 4 is 11.3 Å². The average molecular weight is 226 g/mol. The van der Waals surface area contributed by atoms with Crippen molar-refractivity contribution in [1.29, 1.82) is 0 Å². The van der Waals surface area contributed by atoms with Crippen molar-refractivity contribution in [1.82, 2.24) is 10.3 Å². The molecule has 0 saturated heterocycles. The smallest absolute Gasteiger partial charge is 0.0795 e. The van der Waals surface area contributed by atoms with Gasteiger partial charge in [-0.2, -0.15) is 0 Å². The molecule has 84 valence electrons. The Morgan fingerprint density at radius 3 is 3.00 bits per heavy atom. The largest absolute Gasteiger partial charge is 0.396 e. The summed E-state index contributed by atoms with van der Waals surface area (Å²) in [5, 5.41) is 14.5. The lowest BCUT2D eigenvalue weighted by Crippen LogP contribution is -2.27. The zero-order valence-corrected chi connectivity index (χ0v) is 9.89. The van der Waals surface area contributed by atoms with Crippen LogP contribution in [0.1, 0.15) is 37.9 Å². The van der Waals surface area contributed by atoms with Gasteiger partial charge in [-0.3, -0.25) is 0 Å². The minimum Gasteiger partial charge on any atom is -0.396 e. The summed E-state index contributed by atoms with van der Waals surface area (Å²) < 4.78 is 0. The molecule has 1 heterocycles. The predicted molar refractivity (Wildman–Crippen MR) is 61.9 cm³/mol. The molecule has 0 spiro atoms. The molecule has 0 radical (unpaired) electrons. The van der Waals surface area contributed by atoms with Gasteiger partial charge in [0.1, 0.15) is 0 Å². The van der Waals surface area contributed by atoms with E-state index < -0.39 is 0 Å². The normalized spacial score (nSPS) is 20.1. The number of hydrogen-bond donors (Lipinski definition) is 2. The number of hydrogen-bond acceptors (Lipinski definition) is 4. The molecular formula is C11H18N2OS. The lowest BCUT2D eigenvalue weighted by molar-refractivity contribution is 0.242. The van der Waals surface area contributed by atoms with Gasteiger partial charge in [-0.1, -0.05) is 0 Å². The molecule has 0 aromatic carbocycles. The number of aliphatic hydroxyl groups excluding tert-OH is 1. The lowest BCUT2D eigenvalue weighted by atomic mass is 10.0. The van der Waals surface area contributed by atoms with Gasteiger partial charge >= 0.3 is 0 Å². The maximum absolute atomic E-state index is 8.95. The number of rotatable bonds is 6. The van der Waals surface area contributed by atoms with E-state index in [2.05, 4.69) is 22.6 Å². The summed E-state index contributed by atoms with van der Waals surface area (Å²) in [4.78, 5) is 4.29. The maximum atomic E-state index is 8.95. The topological polar surface area (TPSA) is 45.1 Å². The molecule has 0 amide bonds. The van der Waals surface area contributed by atoms with Gasteiger partial charge in [0.25, 0.3) is 0 Å². The SMILES string of the molecule is CC(NCC1(CCO)CC1)c1cscn1. The summed E-state index contributed by atoms with van der Waals surface area (Å²) in [5.74, 6) is 0. The third-order valence-electron chi connectivity index (χ3n) is 3.28. The van der Waals surface area contributed by atoms with Gasteiger partial charge in [0.15, 0.2) is 0 Å². The Morgan fingerprint density at radius 2 is 2.47 bits per heavy atom. The van der Waals surface area contributed by atoms with Crippen molar-refractivity contribution in [2.24, 2.45) is 5.41 Å². The molecule has 2 N–H and O–H groups in total. The number of thiazole rings is 1. The first kappa shape index (κ1) is 11.0. The molecule has 1 aliphatic rings. The van der Waals surface area contributed by atoms with Crippen molar-refractivity contribution in [3.8, 4) is 0 Å². The van der Waals surface area contributed by atoms with E-state index in [0.717, 1.165) is 18.7 Å². The van der Waals surface area contributed by atoms with Crippen LogP contribution in [-0.4, -0.2) is 23.2 Å². The van der Waals surface area contributed by atoms with Crippen LogP contribution in [-0.2, 0) is 0 Å². The molecule has 1 fully saturated rings. The fourth-order valence-corrected chi connectivity index (χ4v) is 2.49. The number of nitrogens with one attached hydrogen (secondary N) is 1. The van der Waals surface area contributed by atoms with Crippen LogP contribution in [0.2, 0.25) is 0 Å². The van der Waals surface area contributed by atoms with Gasteiger partial charge in [-0.05, 0) is 31.6 Å². The van der Waals surface area contributed by atoms with E-state index in [9.17, 15) is 0 Å². The molecular weight excluding hydrogens is 208 g/mol. The van der Waals surface area contributed by atoms with Crippen LogP contribution < -0.4 is 5.32 Å². The van der Waals surface area contributed by atoms with Crippen molar-refractivity contribution < 1.29 is 5.11 Å². The molecule has 4 heteroatoms. The Kier molecular flexibility index (Phi) is 3.38. The molecule has 0 bridgehead atoms. The van der Waals surface area contributed by atoms with Crippen LogP contribution in [0.15, 0.2) is 10.9 Å². The van der Waals surface area contributed by atoms with Crippen molar-refractivity contribution in [2.45, 2.75) is 32.2 Å². The first-order chi connectivity index (χ1) is 7.26. The third-order valence-corrected chi connectivity index (χ3v) is 3.88. The van der Waals surface area contributed by atoms with Crippen LogP contribution in [0.4, 0.5) is 0 Å². The standard InChI is InChI=1S/C11H18N2OS/c1-9(10-6-15-8-13-10)12-7-11(2-3-11)4-5-14/h6,8-9,12,14H,2-5,7H2,1H3. The minimum atomic E-state index is 0.312. The first-order valence-corrected chi connectivity index (χ1v) is 6.42. The van der Waals surface area contributed by atoms with E-state index in [0.29, 0.717) is 18.1 Å². The van der Waals surface area contributed by atoms with Gasteiger partial charge in [0, 0.05) is 24.6 Å². The number of nitrogens with zero attached hydrogens (tertiary/aromatic N) is 1. The highest BCUT2D eigenvalue weighted by Gasteiger charge is 2.41. The highest BCUT2D eigenvalue weighted by atomic mass is 32.1. The molecule has 2 rings (SSSR count). The molecule has 0 aliphatic heterocycles. The fourth-order valence-electron chi connectivity index (χ4n) is 1.84. The molecule has 3 nitrogen and oxygen atoms in total. The summed E-state index contributed by atoms with van der Waals surface area (Å²) >= 11 is 1.64. The second-order valence-electron chi connectivity index (χ2n) is 4.49. The zero-order chi connectivity index (χ0) is 10.7. The van der Waals surface area contributed by atoms with E-state index in [1.165, 1.54) is 12.8 Å². The van der Waals surface area contributed by atoms with E-state index in [-0.39, 0.29) is 0 Å². The second kappa shape index (κ2) is 4.60. The monoisotopic (exact) mass is 226 g/mol. The quantitative estimate of drug-likeness (QED) is 0.779. The summed E-state index contributed by atoms with van der Waals surface area (Å²) in [6, 6.07) is 0.326. The second-order valence-corrected chi connectivity index (χ2v) is 5.21. The Morgan fingerprint density at radius 1 is 1.67 bits per heavy atom. The molecule has 1 aliphatic carbocycles. The molecule has 1 saturated carbocycles. The molecule has 1 aromatic rings. The van der Waals surface area contributed by atoms with Crippen LogP contribution in [0.25, 0.3) is 0 Å². The van der Waals surface area contributed by atoms with E-state index in [1.807, 2.05) is 5.51 Å². The molecule has 1 unspecified atom stereocenters. The van der Waals surface area contributed by atoms with Crippen LogP contribution >= 0.6 is 11.3 Å². The Hall–Kier alpha value is -0.450. The van der Waals surface area contributed by atoms with Crippen LogP contribution in [0.3, 0.4) is 0 Å². The third kappa shape index (κ3) is 2.77. The maximum Gasteiger partial charge on any atom is 0.0795 e. The van der Waals surface area contributed by atoms with Crippen molar-refractivity contribution in [2.75, 3.05) is 13.2 Å². The number of aromatic nitrogens is 1. The molecule has 1 aromatic heterocycles. The van der Waals surface area contributed by atoms with Gasteiger partial charge in [0.05, 0.1) is 11.2 Å². The minimum absolute atomic E-state index is 0.312. The predicted octanol–water partition coefficient (Wildman–Crippen LogP) is 1.96. The summed E-state index contributed by atoms with van der Waals surface area (Å²) in [5.41, 5.74) is 3.38. The Balaban J connectivity index is 1.78. The lowest BCUT2D eigenvalue weighted by Gasteiger charge is -2.18. The Bertz CT molecular complexity index is 296. The van der Waals surface area contributed by atoms with Crippen LogP contribution in [0, 0.1) is 5.41 Å². The van der Waals surface area contributed by atoms with Gasteiger partial charge in [0.2, 0.25) is 0 Å². The fraction of sp³-hybridized carbons (Fsp3) is 0.727. The van der Waals surface area contributed by atoms with E-state index in [4.69, 9.17) is 5.11 Å². The zero-order valence-electron chi connectivity index (χ0n) is 9.07. The molecule has 1 atom stereocenters. The number of aliphatic hydroxyl groups is 1. The first-order valence-electron chi connectivity index (χ1n) is 5.48. The van der Waals surface area contributed by atoms with Gasteiger partial charge in [-0.15, -0.1) is 11.3 Å². The summed E-state index contributed by atoms with van der Waals surface area (Å²) in [7, 11) is 0. The van der Waals surface area contributed by atoms with Gasteiger partial charge < -0.3 is 10.4 Å².